The van der Waals surface area contributed by atoms with Gasteiger partial charge in [0.1, 0.15) is 6.10 Å². The fourth-order valence-electron chi connectivity index (χ4n) is 4.21. The standard InChI is InChI=1S/C22H28O4S/c23-14-15-11-12-19-18(13-15)20(25-16-7-3-1-4-8-16)21(27-19)22(24)26-17-9-5-2-6-10-17/h11-13,16-17,23H,1-10,14H2. The van der Waals surface area contributed by atoms with Crippen molar-refractivity contribution in [3.8, 4) is 5.75 Å². The smallest absolute Gasteiger partial charge is 0.352 e. The third-order valence-corrected chi connectivity index (χ3v) is 6.87. The Balaban J connectivity index is 1.64. The van der Waals surface area contributed by atoms with Crippen LogP contribution < -0.4 is 4.74 Å². The lowest BCUT2D eigenvalue weighted by Crippen LogP contribution is -2.23. The highest BCUT2D eigenvalue weighted by Gasteiger charge is 2.27. The summed E-state index contributed by atoms with van der Waals surface area (Å²) >= 11 is 1.45. The van der Waals surface area contributed by atoms with Gasteiger partial charge in [0.15, 0.2) is 10.6 Å². The predicted molar refractivity (Wildman–Crippen MR) is 108 cm³/mol. The van der Waals surface area contributed by atoms with Gasteiger partial charge < -0.3 is 14.6 Å². The molecule has 0 radical (unpaired) electrons. The molecule has 2 aliphatic carbocycles. The monoisotopic (exact) mass is 388 g/mol. The van der Waals surface area contributed by atoms with Gasteiger partial charge in [-0.05, 0) is 69.1 Å². The molecule has 4 rings (SSSR count). The number of thiophene rings is 1. The molecule has 4 nitrogen and oxygen atoms in total. The molecule has 5 heteroatoms. The lowest BCUT2D eigenvalue weighted by molar-refractivity contribution is 0.0210. The maximum absolute atomic E-state index is 13.0. The minimum Gasteiger partial charge on any atom is -0.488 e. The van der Waals surface area contributed by atoms with Crippen LogP contribution in [0.5, 0.6) is 5.75 Å². The van der Waals surface area contributed by atoms with Gasteiger partial charge in [-0.1, -0.05) is 18.9 Å². The summed E-state index contributed by atoms with van der Waals surface area (Å²) in [4.78, 5) is 13.5. The molecule has 0 unspecified atom stereocenters. The summed E-state index contributed by atoms with van der Waals surface area (Å²) in [6, 6.07) is 5.82. The molecular formula is C22H28O4S. The second kappa shape index (κ2) is 8.61. The fourth-order valence-corrected chi connectivity index (χ4v) is 5.21. The van der Waals surface area contributed by atoms with Crippen molar-refractivity contribution >= 4 is 27.4 Å². The summed E-state index contributed by atoms with van der Waals surface area (Å²) in [5.74, 6) is 0.414. The third kappa shape index (κ3) is 4.30. The van der Waals surface area contributed by atoms with Crippen molar-refractivity contribution in [2.24, 2.45) is 0 Å². The topological polar surface area (TPSA) is 55.8 Å². The van der Waals surface area contributed by atoms with Gasteiger partial charge >= 0.3 is 5.97 Å². The quantitative estimate of drug-likeness (QED) is 0.678. The van der Waals surface area contributed by atoms with Gasteiger partial charge in [0, 0.05) is 10.1 Å². The van der Waals surface area contributed by atoms with Crippen LogP contribution in [0.15, 0.2) is 18.2 Å². The van der Waals surface area contributed by atoms with Crippen molar-refractivity contribution in [3.63, 3.8) is 0 Å². The van der Waals surface area contributed by atoms with E-state index in [2.05, 4.69) is 0 Å². The van der Waals surface area contributed by atoms with E-state index in [4.69, 9.17) is 9.47 Å². The van der Waals surface area contributed by atoms with E-state index < -0.39 is 0 Å². The van der Waals surface area contributed by atoms with Crippen LogP contribution in [0.25, 0.3) is 10.1 Å². The third-order valence-electron chi connectivity index (χ3n) is 5.74. The van der Waals surface area contributed by atoms with Crippen molar-refractivity contribution in [1.82, 2.24) is 0 Å². The highest BCUT2D eigenvalue weighted by Crippen LogP contribution is 2.41. The summed E-state index contributed by atoms with van der Waals surface area (Å²) < 4.78 is 13.2. The Labute approximate surface area is 164 Å². The highest BCUT2D eigenvalue weighted by molar-refractivity contribution is 7.21. The SMILES string of the molecule is O=C(OC1CCCCC1)c1sc2ccc(CO)cc2c1OC1CCCCC1. The maximum atomic E-state index is 13.0. The molecule has 0 spiro atoms. The van der Waals surface area contributed by atoms with E-state index in [1.54, 1.807) is 0 Å². The van der Waals surface area contributed by atoms with Crippen LogP contribution in [0.3, 0.4) is 0 Å². The Bertz CT molecular complexity index is 785. The number of benzene rings is 1. The van der Waals surface area contributed by atoms with E-state index in [-0.39, 0.29) is 24.8 Å². The number of ether oxygens (including phenoxy) is 2. The number of aliphatic hydroxyl groups is 1. The number of carbonyl (C=O) groups excluding carboxylic acids is 1. The van der Waals surface area contributed by atoms with Gasteiger partial charge in [-0.2, -0.15) is 0 Å². The molecule has 27 heavy (non-hydrogen) atoms. The van der Waals surface area contributed by atoms with E-state index in [9.17, 15) is 9.90 Å². The summed E-state index contributed by atoms with van der Waals surface area (Å²) in [7, 11) is 0. The largest absolute Gasteiger partial charge is 0.488 e. The number of fused-ring (bicyclic) bond motifs is 1. The maximum Gasteiger partial charge on any atom is 0.352 e. The minimum atomic E-state index is -0.251. The summed E-state index contributed by atoms with van der Waals surface area (Å²) in [5.41, 5.74) is 0.834. The van der Waals surface area contributed by atoms with Crippen LogP contribution in [0.1, 0.15) is 79.4 Å². The predicted octanol–water partition coefficient (Wildman–Crippen LogP) is 5.59. The zero-order chi connectivity index (χ0) is 18.6. The molecule has 146 valence electrons. The first kappa shape index (κ1) is 18.8. The Morgan fingerprint density at radius 2 is 1.67 bits per heavy atom. The molecule has 0 saturated heterocycles. The molecule has 2 aromatic rings. The first-order valence-electron chi connectivity index (χ1n) is 10.3. The number of esters is 1. The highest BCUT2D eigenvalue weighted by atomic mass is 32.1. The van der Waals surface area contributed by atoms with Crippen LogP contribution in [0.2, 0.25) is 0 Å². The van der Waals surface area contributed by atoms with Crippen molar-refractivity contribution in [1.29, 1.82) is 0 Å². The van der Waals surface area contributed by atoms with Gasteiger partial charge in [-0.3, -0.25) is 0 Å². The first-order valence-corrected chi connectivity index (χ1v) is 11.1. The second-order valence-corrected chi connectivity index (χ2v) is 8.84. The van der Waals surface area contributed by atoms with Crippen LogP contribution in [0.4, 0.5) is 0 Å². The molecule has 2 saturated carbocycles. The van der Waals surface area contributed by atoms with Crippen molar-refractivity contribution in [3.05, 3.63) is 28.6 Å². The molecular weight excluding hydrogens is 360 g/mol. The molecule has 1 aromatic carbocycles. The van der Waals surface area contributed by atoms with Gasteiger partial charge in [0.2, 0.25) is 0 Å². The van der Waals surface area contributed by atoms with Crippen LogP contribution in [0, 0.1) is 0 Å². The van der Waals surface area contributed by atoms with Gasteiger partial charge in [0.25, 0.3) is 0 Å². The van der Waals surface area contributed by atoms with Gasteiger partial charge in [0.05, 0.1) is 12.7 Å². The Kier molecular flexibility index (Phi) is 5.98. The summed E-state index contributed by atoms with van der Waals surface area (Å²) in [5, 5.41) is 10.4. The van der Waals surface area contributed by atoms with Crippen LogP contribution in [-0.4, -0.2) is 23.3 Å². The van der Waals surface area contributed by atoms with Gasteiger partial charge in [-0.15, -0.1) is 11.3 Å². The summed E-state index contributed by atoms with van der Waals surface area (Å²) in [6.45, 7) is -0.0174. The average Bonchev–Trinajstić information content (AvgIpc) is 3.07. The number of hydrogen-bond donors (Lipinski definition) is 1. The lowest BCUT2D eigenvalue weighted by atomic mass is 9.97. The van der Waals surface area contributed by atoms with Crippen molar-refractivity contribution in [2.45, 2.75) is 83.0 Å². The Morgan fingerprint density at radius 3 is 2.33 bits per heavy atom. The second-order valence-electron chi connectivity index (χ2n) is 7.79. The number of carbonyl (C=O) groups is 1. The molecule has 1 aromatic heterocycles. The molecule has 2 fully saturated rings. The molecule has 1 heterocycles. The molecule has 2 aliphatic rings. The van der Waals surface area contributed by atoms with Crippen molar-refractivity contribution in [2.75, 3.05) is 0 Å². The Morgan fingerprint density at radius 1 is 1.00 bits per heavy atom. The lowest BCUT2D eigenvalue weighted by Gasteiger charge is -2.24. The van der Waals surface area contributed by atoms with Crippen LogP contribution >= 0.6 is 11.3 Å². The average molecular weight is 389 g/mol. The Hall–Kier alpha value is -1.59. The van der Waals surface area contributed by atoms with E-state index in [0.29, 0.717) is 10.6 Å². The van der Waals surface area contributed by atoms with E-state index >= 15 is 0 Å². The molecule has 0 amide bonds. The fraction of sp³-hybridized carbons (Fsp3) is 0.591. The van der Waals surface area contributed by atoms with E-state index in [0.717, 1.165) is 54.2 Å². The molecule has 0 bridgehead atoms. The van der Waals surface area contributed by atoms with Crippen molar-refractivity contribution < 1.29 is 19.4 Å². The zero-order valence-corrected chi connectivity index (χ0v) is 16.6. The molecule has 0 atom stereocenters. The van der Waals surface area contributed by atoms with Crippen LogP contribution in [-0.2, 0) is 11.3 Å². The first-order chi connectivity index (χ1) is 13.2. The number of aliphatic hydroxyl groups excluding tert-OH is 1. The number of rotatable bonds is 5. The van der Waals surface area contributed by atoms with Gasteiger partial charge in [-0.25, -0.2) is 4.79 Å². The van der Waals surface area contributed by atoms with E-state index in [1.165, 1.54) is 37.0 Å². The molecule has 0 aliphatic heterocycles. The zero-order valence-electron chi connectivity index (χ0n) is 15.7. The molecule has 1 N–H and O–H groups in total. The number of hydrogen-bond acceptors (Lipinski definition) is 5. The summed E-state index contributed by atoms with van der Waals surface area (Å²) in [6.07, 6.45) is 11.3. The van der Waals surface area contributed by atoms with E-state index in [1.807, 2.05) is 18.2 Å². The normalized spacial score (nSPS) is 19.3. The minimum absolute atomic E-state index is 0.0174.